The second-order valence-corrected chi connectivity index (χ2v) is 11.2. The zero-order valence-corrected chi connectivity index (χ0v) is 22.5. The van der Waals surface area contributed by atoms with Crippen LogP contribution >= 0.6 is 23.2 Å². The van der Waals surface area contributed by atoms with E-state index in [2.05, 4.69) is 5.32 Å². The largest absolute Gasteiger partial charge is 0.465 e. The number of carbonyl (C=O) groups excluding carboxylic acids is 3. The average Bonchev–Trinajstić information content (AvgIpc) is 2.87. The molecule has 196 valence electrons. The van der Waals surface area contributed by atoms with E-state index in [1.54, 1.807) is 30.0 Å². The minimum Gasteiger partial charge on any atom is -0.465 e. The molecule has 1 saturated heterocycles. The number of likely N-dealkylation sites (tertiary alicyclic amines) is 1. The molecular formula is C28H36Cl2N2O4. The van der Waals surface area contributed by atoms with Gasteiger partial charge in [0.1, 0.15) is 5.41 Å². The van der Waals surface area contributed by atoms with Gasteiger partial charge < -0.3 is 15.0 Å². The lowest BCUT2D eigenvalue weighted by atomic mass is 9.66. The van der Waals surface area contributed by atoms with Gasteiger partial charge in [0.05, 0.1) is 13.2 Å². The zero-order chi connectivity index (χ0) is 25.7. The molecule has 1 aromatic rings. The summed E-state index contributed by atoms with van der Waals surface area (Å²) in [5, 5.41) is 4.03. The van der Waals surface area contributed by atoms with Gasteiger partial charge in [0.15, 0.2) is 0 Å². The summed E-state index contributed by atoms with van der Waals surface area (Å²) >= 11 is 12.5. The lowest BCUT2D eigenvalue weighted by Crippen LogP contribution is -2.54. The first-order valence-corrected chi connectivity index (χ1v) is 14.0. The standard InChI is InChI=1S/C28H36Cl2N2O4/c1-2-36-27(35)28-13-7-6-10-24(28)32(18-20-11-12-22(29)15-23(20)30)26(34)21(16-28)14-25(33)31-17-19-8-4-3-5-9-19/h10-12,15,19,21H,2-9,13-14,16-18H2,1H3,(H,31,33)/t21-,28+/m1/s1. The molecule has 0 radical (unpaired) electrons. The van der Waals surface area contributed by atoms with Crippen LogP contribution in [0.2, 0.25) is 10.0 Å². The van der Waals surface area contributed by atoms with Crippen LogP contribution in [-0.2, 0) is 25.7 Å². The highest BCUT2D eigenvalue weighted by Crippen LogP contribution is 2.50. The number of carbonyl (C=O) groups is 3. The Morgan fingerprint density at radius 1 is 1.17 bits per heavy atom. The molecule has 0 spiro atoms. The first kappa shape index (κ1) is 27.0. The highest BCUT2D eigenvalue weighted by Gasteiger charge is 2.54. The van der Waals surface area contributed by atoms with Gasteiger partial charge >= 0.3 is 5.97 Å². The van der Waals surface area contributed by atoms with Crippen LogP contribution in [0, 0.1) is 17.3 Å². The van der Waals surface area contributed by atoms with Crippen molar-refractivity contribution in [1.82, 2.24) is 10.2 Å². The highest BCUT2D eigenvalue weighted by atomic mass is 35.5. The number of ether oxygens (including phenoxy) is 1. The molecule has 1 heterocycles. The molecule has 2 amide bonds. The van der Waals surface area contributed by atoms with Crippen LogP contribution in [0.3, 0.4) is 0 Å². The molecule has 0 aromatic heterocycles. The van der Waals surface area contributed by atoms with E-state index >= 15 is 0 Å². The number of allylic oxidation sites excluding steroid dienone is 1. The fourth-order valence-corrected chi connectivity index (χ4v) is 6.50. The van der Waals surface area contributed by atoms with Crippen LogP contribution in [0.4, 0.5) is 0 Å². The maximum absolute atomic E-state index is 13.8. The van der Waals surface area contributed by atoms with Crippen LogP contribution in [0.1, 0.15) is 76.7 Å². The summed E-state index contributed by atoms with van der Waals surface area (Å²) in [4.78, 5) is 41.8. The number of benzene rings is 1. The third-order valence-corrected chi connectivity index (χ3v) is 8.48. The monoisotopic (exact) mass is 534 g/mol. The SMILES string of the molecule is CCOC(=O)[C@]12CCCC=C1N(Cc1ccc(Cl)cc1Cl)C(=O)[C@H](CC(=O)NCC1CCCCC1)C2. The third-order valence-electron chi connectivity index (χ3n) is 7.89. The summed E-state index contributed by atoms with van der Waals surface area (Å²) in [6.45, 7) is 2.91. The van der Waals surface area contributed by atoms with Crippen LogP contribution < -0.4 is 5.32 Å². The van der Waals surface area contributed by atoms with Gasteiger partial charge in [-0.15, -0.1) is 0 Å². The minimum absolute atomic E-state index is 0.0604. The quantitative estimate of drug-likeness (QED) is 0.412. The molecule has 36 heavy (non-hydrogen) atoms. The number of amides is 2. The maximum Gasteiger partial charge on any atom is 0.318 e. The van der Waals surface area contributed by atoms with E-state index in [-0.39, 0.29) is 43.8 Å². The van der Waals surface area contributed by atoms with E-state index in [1.165, 1.54) is 19.3 Å². The molecule has 6 nitrogen and oxygen atoms in total. The topological polar surface area (TPSA) is 75.7 Å². The fourth-order valence-electron chi connectivity index (χ4n) is 6.04. The van der Waals surface area contributed by atoms with Crippen molar-refractivity contribution in [2.75, 3.05) is 13.2 Å². The summed E-state index contributed by atoms with van der Waals surface area (Å²) in [6, 6.07) is 5.19. The van der Waals surface area contributed by atoms with Gasteiger partial charge in [-0.05, 0) is 69.1 Å². The highest BCUT2D eigenvalue weighted by molar-refractivity contribution is 6.35. The number of nitrogens with zero attached hydrogens (tertiary/aromatic N) is 1. The summed E-state index contributed by atoms with van der Waals surface area (Å²) in [5.74, 6) is -0.704. The van der Waals surface area contributed by atoms with Crippen LogP contribution in [0.15, 0.2) is 30.0 Å². The molecule has 0 bridgehead atoms. The Balaban J connectivity index is 1.59. The smallest absolute Gasteiger partial charge is 0.318 e. The van der Waals surface area contributed by atoms with Gasteiger partial charge in [-0.25, -0.2) is 0 Å². The fraction of sp³-hybridized carbons (Fsp3) is 0.607. The van der Waals surface area contributed by atoms with E-state index in [9.17, 15) is 14.4 Å². The van der Waals surface area contributed by atoms with Gasteiger partial charge in [0.25, 0.3) is 0 Å². The van der Waals surface area contributed by atoms with Gasteiger partial charge in [-0.1, -0.05) is 54.6 Å². The molecular weight excluding hydrogens is 499 g/mol. The summed E-state index contributed by atoms with van der Waals surface area (Å²) in [7, 11) is 0. The normalized spacial score (nSPS) is 24.6. The maximum atomic E-state index is 13.8. The second kappa shape index (κ2) is 12.0. The minimum atomic E-state index is -0.935. The predicted molar refractivity (Wildman–Crippen MR) is 140 cm³/mol. The lowest BCUT2D eigenvalue weighted by molar-refractivity contribution is -0.162. The number of halogens is 2. The number of fused-ring (bicyclic) bond motifs is 1. The van der Waals surface area contributed by atoms with Crippen molar-refractivity contribution in [3.05, 3.63) is 45.6 Å². The molecule has 2 fully saturated rings. The van der Waals surface area contributed by atoms with Crippen molar-refractivity contribution in [2.45, 2.75) is 77.7 Å². The number of hydrogen-bond donors (Lipinski definition) is 1. The molecule has 0 unspecified atom stereocenters. The third kappa shape index (κ3) is 5.91. The Labute approximate surface area is 223 Å². The molecule has 4 rings (SSSR count). The van der Waals surface area contributed by atoms with Crippen molar-refractivity contribution in [3.8, 4) is 0 Å². The molecule has 1 aliphatic heterocycles. The van der Waals surface area contributed by atoms with Crippen LogP contribution in [-0.4, -0.2) is 35.8 Å². The Hall–Kier alpha value is -2.05. The van der Waals surface area contributed by atoms with Gasteiger partial charge in [0, 0.05) is 34.6 Å². The number of esters is 1. The second-order valence-electron chi connectivity index (χ2n) is 10.4. The Kier molecular flexibility index (Phi) is 9.00. The van der Waals surface area contributed by atoms with Crippen molar-refractivity contribution >= 4 is 41.0 Å². The average molecular weight is 536 g/mol. The number of nitrogens with one attached hydrogen (secondary N) is 1. The number of piperidine rings is 1. The Morgan fingerprint density at radius 3 is 2.67 bits per heavy atom. The molecule has 2 atom stereocenters. The Bertz CT molecular complexity index is 1020. The number of rotatable bonds is 8. The van der Waals surface area contributed by atoms with Crippen molar-refractivity contribution in [3.63, 3.8) is 0 Å². The van der Waals surface area contributed by atoms with Gasteiger partial charge in [-0.2, -0.15) is 0 Å². The summed E-state index contributed by atoms with van der Waals surface area (Å²) in [6.07, 6.45) is 10.5. The first-order chi connectivity index (χ1) is 17.3. The number of hydrogen-bond acceptors (Lipinski definition) is 4. The summed E-state index contributed by atoms with van der Waals surface area (Å²) in [5.41, 5.74) is 0.484. The summed E-state index contributed by atoms with van der Waals surface area (Å²) < 4.78 is 5.53. The lowest BCUT2D eigenvalue weighted by Gasteiger charge is -2.48. The van der Waals surface area contributed by atoms with Crippen molar-refractivity contribution < 1.29 is 19.1 Å². The molecule has 1 aromatic carbocycles. The van der Waals surface area contributed by atoms with E-state index in [1.807, 2.05) is 6.08 Å². The van der Waals surface area contributed by atoms with E-state index < -0.39 is 11.3 Å². The van der Waals surface area contributed by atoms with Crippen molar-refractivity contribution in [1.29, 1.82) is 0 Å². The first-order valence-electron chi connectivity index (χ1n) is 13.2. The van der Waals surface area contributed by atoms with Gasteiger partial charge in [-0.3, -0.25) is 14.4 Å². The molecule has 1 N–H and O–H groups in total. The Morgan fingerprint density at radius 2 is 1.94 bits per heavy atom. The molecule has 8 heteroatoms. The predicted octanol–water partition coefficient (Wildman–Crippen LogP) is 6.05. The molecule has 1 saturated carbocycles. The van der Waals surface area contributed by atoms with E-state index in [0.29, 0.717) is 34.6 Å². The van der Waals surface area contributed by atoms with E-state index in [0.717, 1.165) is 31.2 Å². The van der Waals surface area contributed by atoms with Crippen LogP contribution in [0.5, 0.6) is 0 Å². The van der Waals surface area contributed by atoms with Crippen LogP contribution in [0.25, 0.3) is 0 Å². The van der Waals surface area contributed by atoms with Gasteiger partial charge in [0.2, 0.25) is 11.8 Å². The van der Waals surface area contributed by atoms with Crippen molar-refractivity contribution in [2.24, 2.45) is 17.3 Å². The zero-order valence-electron chi connectivity index (χ0n) is 21.0. The molecule has 2 aliphatic carbocycles. The van der Waals surface area contributed by atoms with E-state index in [4.69, 9.17) is 27.9 Å². The molecule has 3 aliphatic rings.